The first-order chi connectivity index (χ1) is 9.43. The average molecular weight is 318 g/mol. The van der Waals surface area contributed by atoms with Crippen LogP contribution < -0.4 is 5.73 Å². The van der Waals surface area contributed by atoms with E-state index >= 15 is 0 Å². The highest BCUT2D eigenvalue weighted by atomic mass is 32.2. The summed E-state index contributed by atoms with van der Waals surface area (Å²) in [7, 11) is -0.986. The summed E-state index contributed by atoms with van der Waals surface area (Å²) in [6.45, 7) is 0.276. The molecule has 0 bridgehead atoms. The molecule has 1 heterocycles. The Hall–Kier alpha value is -0.960. The Bertz CT molecular complexity index is 592. The van der Waals surface area contributed by atoms with Crippen LogP contribution in [0.15, 0.2) is 16.3 Å². The molecular weight excluding hydrogens is 300 g/mol. The van der Waals surface area contributed by atoms with Crippen molar-refractivity contribution in [2.24, 2.45) is 11.7 Å². The van der Waals surface area contributed by atoms with Crippen LogP contribution in [0.4, 0.5) is 0 Å². The minimum Gasteiger partial charge on any atom is -0.465 e. The summed E-state index contributed by atoms with van der Waals surface area (Å²) < 4.78 is 31.2. The number of hydrogen-bond donors (Lipinski definition) is 1. The number of esters is 1. The molecule has 1 unspecified atom stereocenters. The molecule has 0 aromatic carbocycles. The van der Waals surface area contributed by atoms with Crippen molar-refractivity contribution in [3.05, 3.63) is 16.3 Å². The van der Waals surface area contributed by atoms with Gasteiger partial charge in [-0.25, -0.2) is 13.2 Å². The molecule has 1 aromatic rings. The van der Waals surface area contributed by atoms with Crippen LogP contribution in [0.25, 0.3) is 0 Å². The highest BCUT2D eigenvalue weighted by molar-refractivity contribution is 7.89. The summed E-state index contributed by atoms with van der Waals surface area (Å²) in [6, 6.07) is 1.22. The van der Waals surface area contributed by atoms with E-state index in [1.165, 1.54) is 24.5 Å². The second kappa shape index (κ2) is 5.80. The Labute approximate surface area is 122 Å². The number of likely N-dealkylation sites (N-methyl/N-ethyl adjacent to an activating group) is 1. The molecule has 0 spiro atoms. The summed E-state index contributed by atoms with van der Waals surface area (Å²) in [5.41, 5.74) is 5.69. The van der Waals surface area contributed by atoms with Crippen molar-refractivity contribution in [1.82, 2.24) is 4.31 Å². The fourth-order valence-corrected chi connectivity index (χ4v) is 4.93. The van der Waals surface area contributed by atoms with Crippen LogP contribution in [0.5, 0.6) is 0 Å². The minimum absolute atomic E-state index is 0.00375. The molecule has 1 atom stereocenters. The number of rotatable bonds is 6. The van der Waals surface area contributed by atoms with Crippen LogP contribution in [0.1, 0.15) is 22.5 Å². The highest BCUT2D eigenvalue weighted by Crippen LogP contribution is 2.37. The maximum Gasteiger partial charge on any atom is 0.349 e. The zero-order chi connectivity index (χ0) is 14.9. The van der Waals surface area contributed by atoms with E-state index in [1.807, 2.05) is 0 Å². The van der Waals surface area contributed by atoms with Gasteiger partial charge in [-0.3, -0.25) is 0 Å². The lowest BCUT2D eigenvalue weighted by Crippen LogP contribution is -2.43. The van der Waals surface area contributed by atoms with Crippen LogP contribution in [0.2, 0.25) is 0 Å². The van der Waals surface area contributed by atoms with Crippen LogP contribution in [0, 0.1) is 5.92 Å². The van der Waals surface area contributed by atoms with Crippen LogP contribution in [-0.2, 0) is 14.8 Å². The second-order valence-electron chi connectivity index (χ2n) is 4.77. The third-order valence-electron chi connectivity index (χ3n) is 3.53. The number of nitrogens with zero attached hydrogens (tertiary/aromatic N) is 1. The molecule has 1 aromatic heterocycles. The first-order valence-corrected chi connectivity index (χ1v) is 8.59. The molecule has 1 fully saturated rings. The number of thiophene rings is 1. The molecule has 8 heteroatoms. The molecule has 1 aliphatic rings. The monoisotopic (exact) mass is 318 g/mol. The first-order valence-electron chi connectivity index (χ1n) is 6.27. The van der Waals surface area contributed by atoms with E-state index in [0.29, 0.717) is 5.92 Å². The highest BCUT2D eigenvalue weighted by Gasteiger charge is 2.39. The fraction of sp³-hybridized carbons (Fsp3) is 0.583. The van der Waals surface area contributed by atoms with E-state index in [0.717, 1.165) is 24.2 Å². The van der Waals surface area contributed by atoms with Gasteiger partial charge in [-0.1, -0.05) is 0 Å². The average Bonchev–Trinajstić information content (AvgIpc) is 3.13. The number of carbonyl (C=O) groups excluding carboxylic acids is 1. The molecule has 2 rings (SSSR count). The molecule has 2 N–H and O–H groups in total. The van der Waals surface area contributed by atoms with Crippen molar-refractivity contribution in [3.8, 4) is 0 Å². The SMILES string of the molecule is COC(=O)c1sccc1S(=O)(=O)N(C)C(CN)C1CC1. The van der Waals surface area contributed by atoms with Gasteiger partial charge in [0, 0.05) is 19.6 Å². The lowest BCUT2D eigenvalue weighted by atomic mass is 10.2. The van der Waals surface area contributed by atoms with E-state index in [9.17, 15) is 13.2 Å². The van der Waals surface area contributed by atoms with Crippen molar-refractivity contribution < 1.29 is 17.9 Å². The molecule has 6 nitrogen and oxygen atoms in total. The van der Waals surface area contributed by atoms with Gasteiger partial charge >= 0.3 is 5.97 Å². The summed E-state index contributed by atoms with van der Waals surface area (Å²) in [6.07, 6.45) is 1.99. The number of sulfonamides is 1. The van der Waals surface area contributed by atoms with Gasteiger partial charge in [0.25, 0.3) is 0 Å². The molecule has 1 saturated carbocycles. The molecule has 1 aliphatic carbocycles. The van der Waals surface area contributed by atoms with Gasteiger partial charge in [-0.15, -0.1) is 11.3 Å². The lowest BCUT2D eigenvalue weighted by Gasteiger charge is -2.26. The van der Waals surface area contributed by atoms with Gasteiger partial charge in [0.15, 0.2) is 0 Å². The molecule has 20 heavy (non-hydrogen) atoms. The van der Waals surface area contributed by atoms with Gasteiger partial charge < -0.3 is 10.5 Å². The fourth-order valence-electron chi connectivity index (χ4n) is 2.19. The number of ether oxygens (including phenoxy) is 1. The van der Waals surface area contributed by atoms with E-state index in [1.54, 1.807) is 5.38 Å². The van der Waals surface area contributed by atoms with Crippen LogP contribution in [-0.4, -0.2) is 45.4 Å². The van der Waals surface area contributed by atoms with Gasteiger partial charge in [-0.05, 0) is 30.2 Å². The van der Waals surface area contributed by atoms with E-state index in [2.05, 4.69) is 4.74 Å². The Kier molecular flexibility index (Phi) is 4.48. The van der Waals surface area contributed by atoms with Gasteiger partial charge in [0.05, 0.1) is 7.11 Å². The predicted molar refractivity (Wildman–Crippen MR) is 76.2 cm³/mol. The van der Waals surface area contributed by atoms with Gasteiger partial charge in [0.1, 0.15) is 9.77 Å². The summed E-state index contributed by atoms with van der Waals surface area (Å²) >= 11 is 1.06. The maximum absolute atomic E-state index is 12.6. The molecular formula is C12H18N2O4S2. The quantitative estimate of drug-likeness (QED) is 0.787. The second-order valence-corrected chi connectivity index (χ2v) is 7.65. The molecule has 0 aliphatic heterocycles. The summed E-state index contributed by atoms with van der Waals surface area (Å²) in [5, 5.41) is 1.57. The number of hydrogen-bond acceptors (Lipinski definition) is 6. The summed E-state index contributed by atoms with van der Waals surface area (Å²) in [4.78, 5) is 11.7. The third-order valence-corrected chi connectivity index (χ3v) is 6.48. The topological polar surface area (TPSA) is 89.7 Å². The van der Waals surface area contributed by atoms with Crippen molar-refractivity contribution in [3.63, 3.8) is 0 Å². The minimum atomic E-state index is -3.73. The normalized spacial score (nSPS) is 17.2. The van der Waals surface area contributed by atoms with Crippen molar-refractivity contribution >= 4 is 27.3 Å². The first kappa shape index (κ1) is 15.4. The predicted octanol–water partition coefficient (Wildman–Crippen LogP) is 0.893. The Balaban J connectivity index is 2.34. The van der Waals surface area contributed by atoms with Crippen LogP contribution >= 0.6 is 11.3 Å². The molecule has 0 saturated heterocycles. The van der Waals surface area contributed by atoms with E-state index in [4.69, 9.17) is 5.73 Å². The maximum atomic E-state index is 12.6. The molecule has 112 valence electrons. The van der Waals surface area contributed by atoms with Crippen LogP contribution in [0.3, 0.4) is 0 Å². The van der Waals surface area contributed by atoms with Crippen molar-refractivity contribution in [1.29, 1.82) is 0 Å². The number of carbonyl (C=O) groups is 1. The van der Waals surface area contributed by atoms with Crippen molar-refractivity contribution in [2.45, 2.75) is 23.8 Å². The third kappa shape index (κ3) is 2.73. The summed E-state index contributed by atoms with van der Waals surface area (Å²) in [5.74, 6) is -0.317. The Morgan fingerprint density at radius 2 is 2.25 bits per heavy atom. The molecule has 0 amide bonds. The Morgan fingerprint density at radius 1 is 1.60 bits per heavy atom. The smallest absolute Gasteiger partial charge is 0.349 e. The Morgan fingerprint density at radius 3 is 2.75 bits per heavy atom. The zero-order valence-electron chi connectivity index (χ0n) is 11.4. The van der Waals surface area contributed by atoms with E-state index < -0.39 is 16.0 Å². The van der Waals surface area contributed by atoms with E-state index in [-0.39, 0.29) is 22.4 Å². The van der Waals surface area contributed by atoms with Crippen molar-refractivity contribution in [2.75, 3.05) is 20.7 Å². The zero-order valence-corrected chi connectivity index (χ0v) is 13.0. The lowest BCUT2D eigenvalue weighted by molar-refractivity contribution is 0.0602. The van der Waals surface area contributed by atoms with Gasteiger partial charge in [0.2, 0.25) is 10.0 Å². The number of nitrogens with two attached hydrogens (primary N) is 1. The van der Waals surface area contributed by atoms with Gasteiger partial charge in [-0.2, -0.15) is 4.31 Å². The largest absolute Gasteiger partial charge is 0.465 e. The molecule has 0 radical (unpaired) electrons. The standard InChI is InChI=1S/C12H18N2O4S2/c1-14(9(7-13)8-3-4-8)20(16,17)10-5-6-19-11(10)12(15)18-2/h5-6,8-9H,3-4,7,13H2,1-2H3. The number of methoxy groups -OCH3 is 1.